The normalized spacial score (nSPS) is 14.9. The van der Waals surface area contributed by atoms with Gasteiger partial charge in [-0.15, -0.1) is 0 Å². The van der Waals surface area contributed by atoms with E-state index in [4.69, 9.17) is 21.1 Å². The van der Waals surface area contributed by atoms with Crippen molar-refractivity contribution < 1.29 is 19.1 Å². The van der Waals surface area contributed by atoms with Gasteiger partial charge in [-0.3, -0.25) is 9.59 Å². The van der Waals surface area contributed by atoms with Gasteiger partial charge >= 0.3 is 0 Å². The highest BCUT2D eigenvalue weighted by Crippen LogP contribution is 2.28. The third-order valence-corrected chi connectivity index (χ3v) is 6.71. The van der Waals surface area contributed by atoms with Gasteiger partial charge in [0, 0.05) is 17.6 Å². The summed E-state index contributed by atoms with van der Waals surface area (Å²) < 4.78 is 11.7. The predicted octanol–water partition coefficient (Wildman–Crippen LogP) is 5.36. The molecule has 1 aliphatic carbocycles. The molecule has 0 aromatic heterocycles. The number of halogens is 2. The Kier molecular flexibility index (Phi) is 9.44. The third kappa shape index (κ3) is 7.37. The molecule has 178 valence electrons. The summed E-state index contributed by atoms with van der Waals surface area (Å²) in [5.74, 6) is 0.769. The highest BCUT2D eigenvalue weighted by Gasteiger charge is 2.28. The van der Waals surface area contributed by atoms with Crippen molar-refractivity contribution in [3.8, 4) is 11.5 Å². The van der Waals surface area contributed by atoms with Crippen LogP contribution in [0.4, 0.5) is 0 Å². The Hall–Kier alpha value is -2.25. The van der Waals surface area contributed by atoms with Crippen LogP contribution in [0, 0.1) is 0 Å². The minimum Gasteiger partial charge on any atom is -0.497 e. The summed E-state index contributed by atoms with van der Waals surface area (Å²) in [5, 5.41) is 3.69. The van der Waals surface area contributed by atoms with Crippen LogP contribution >= 0.6 is 27.5 Å². The van der Waals surface area contributed by atoms with Gasteiger partial charge in [0.05, 0.1) is 11.6 Å². The standard InChI is InChI=1S/C25H30BrClN2O4/c1-17(25(31)28-20-8-4-3-5-9-20)29(15-18-7-6-10-21(13-18)32-2)24(30)16-33-23-12-11-19(27)14-22(23)26/h6-7,10-14,17,20H,3-5,8-9,15-16H2,1-2H3,(H,28,31)/t17-/m0/s1. The molecular formula is C25H30BrClN2O4. The van der Waals surface area contributed by atoms with Crippen LogP contribution in [0.5, 0.6) is 11.5 Å². The zero-order valence-corrected chi connectivity index (χ0v) is 21.3. The Morgan fingerprint density at radius 2 is 1.94 bits per heavy atom. The molecule has 2 aromatic carbocycles. The van der Waals surface area contributed by atoms with E-state index >= 15 is 0 Å². The second-order valence-corrected chi connectivity index (χ2v) is 9.55. The number of hydrogen-bond donors (Lipinski definition) is 1. The molecule has 0 saturated heterocycles. The van der Waals surface area contributed by atoms with Crippen LogP contribution in [0.2, 0.25) is 5.02 Å². The molecule has 0 bridgehead atoms. The molecule has 6 nitrogen and oxygen atoms in total. The number of benzene rings is 2. The first-order valence-corrected chi connectivity index (χ1v) is 12.3. The topological polar surface area (TPSA) is 67.9 Å². The minimum absolute atomic E-state index is 0.147. The molecule has 1 fully saturated rings. The molecule has 2 aromatic rings. The maximum atomic E-state index is 13.2. The zero-order valence-electron chi connectivity index (χ0n) is 19.0. The quantitative estimate of drug-likeness (QED) is 0.468. The van der Waals surface area contributed by atoms with Crippen LogP contribution in [0.25, 0.3) is 0 Å². The first-order chi connectivity index (χ1) is 15.9. The van der Waals surface area contributed by atoms with Crippen LogP contribution in [0.1, 0.15) is 44.6 Å². The van der Waals surface area contributed by atoms with Gasteiger partial charge in [0.2, 0.25) is 5.91 Å². The number of methoxy groups -OCH3 is 1. The van der Waals surface area contributed by atoms with Crippen molar-refractivity contribution in [2.24, 2.45) is 0 Å². The van der Waals surface area contributed by atoms with Gasteiger partial charge in [-0.2, -0.15) is 0 Å². The fourth-order valence-electron chi connectivity index (χ4n) is 3.93. The van der Waals surface area contributed by atoms with Crippen molar-refractivity contribution in [2.75, 3.05) is 13.7 Å². The fraction of sp³-hybridized carbons (Fsp3) is 0.440. The average Bonchev–Trinajstić information content (AvgIpc) is 2.82. The Labute approximate surface area is 208 Å². The molecule has 3 rings (SSSR count). The van der Waals surface area contributed by atoms with Gasteiger partial charge in [0.25, 0.3) is 5.91 Å². The lowest BCUT2D eigenvalue weighted by Gasteiger charge is -2.31. The van der Waals surface area contributed by atoms with E-state index in [2.05, 4.69) is 21.2 Å². The molecule has 2 amide bonds. The van der Waals surface area contributed by atoms with Crippen LogP contribution in [-0.2, 0) is 16.1 Å². The highest BCUT2D eigenvalue weighted by molar-refractivity contribution is 9.10. The summed E-state index contributed by atoms with van der Waals surface area (Å²) in [4.78, 5) is 27.8. The van der Waals surface area contributed by atoms with Gasteiger partial charge in [-0.25, -0.2) is 0 Å². The van der Waals surface area contributed by atoms with E-state index in [1.807, 2.05) is 24.3 Å². The molecule has 0 spiro atoms. The lowest BCUT2D eigenvalue weighted by molar-refractivity contribution is -0.142. The second kappa shape index (κ2) is 12.3. The number of ether oxygens (including phenoxy) is 2. The van der Waals surface area contributed by atoms with Gasteiger partial charge in [0.15, 0.2) is 6.61 Å². The molecule has 1 N–H and O–H groups in total. The van der Waals surface area contributed by atoms with Crippen molar-refractivity contribution in [1.29, 1.82) is 0 Å². The molecule has 0 aliphatic heterocycles. The van der Waals surface area contributed by atoms with Gasteiger partial charge < -0.3 is 19.7 Å². The van der Waals surface area contributed by atoms with E-state index in [0.29, 0.717) is 21.0 Å². The molecule has 8 heteroatoms. The molecule has 1 saturated carbocycles. The monoisotopic (exact) mass is 536 g/mol. The number of rotatable bonds is 9. The summed E-state index contributed by atoms with van der Waals surface area (Å²) in [6.45, 7) is 1.82. The van der Waals surface area contributed by atoms with Crippen molar-refractivity contribution in [3.63, 3.8) is 0 Å². The lowest BCUT2D eigenvalue weighted by Crippen LogP contribution is -2.51. The van der Waals surface area contributed by atoms with Crippen LogP contribution in [0.15, 0.2) is 46.9 Å². The van der Waals surface area contributed by atoms with Crippen molar-refractivity contribution in [2.45, 2.75) is 57.7 Å². The third-order valence-electron chi connectivity index (χ3n) is 5.85. The van der Waals surface area contributed by atoms with Crippen molar-refractivity contribution >= 4 is 39.3 Å². The average molecular weight is 538 g/mol. The number of carbonyl (C=O) groups is 2. The van der Waals surface area contributed by atoms with E-state index < -0.39 is 6.04 Å². The van der Waals surface area contributed by atoms with Gasteiger partial charge in [-0.1, -0.05) is 43.0 Å². The summed E-state index contributed by atoms with van der Waals surface area (Å²) >= 11 is 9.39. The second-order valence-electron chi connectivity index (χ2n) is 8.26. The first kappa shape index (κ1) is 25.4. The van der Waals surface area contributed by atoms with Crippen LogP contribution < -0.4 is 14.8 Å². The van der Waals surface area contributed by atoms with Crippen LogP contribution in [-0.4, -0.2) is 42.5 Å². The largest absolute Gasteiger partial charge is 0.497 e. The maximum absolute atomic E-state index is 13.2. The molecule has 0 unspecified atom stereocenters. The first-order valence-electron chi connectivity index (χ1n) is 11.2. The van der Waals surface area contributed by atoms with Crippen molar-refractivity contribution in [1.82, 2.24) is 10.2 Å². The fourth-order valence-corrected chi connectivity index (χ4v) is 4.73. The SMILES string of the molecule is COc1cccc(CN(C(=O)COc2ccc(Cl)cc2Br)[C@@H](C)C(=O)NC2CCCCC2)c1. The highest BCUT2D eigenvalue weighted by atomic mass is 79.9. The van der Waals surface area contributed by atoms with Gasteiger partial charge in [-0.05, 0) is 71.6 Å². The molecule has 1 aliphatic rings. The number of hydrogen-bond acceptors (Lipinski definition) is 4. The number of nitrogens with zero attached hydrogens (tertiary/aromatic N) is 1. The number of carbonyl (C=O) groups excluding carboxylic acids is 2. The Bertz CT molecular complexity index is 965. The van der Waals surface area contributed by atoms with E-state index in [9.17, 15) is 9.59 Å². The molecule has 1 atom stereocenters. The smallest absolute Gasteiger partial charge is 0.261 e. The Morgan fingerprint density at radius 3 is 2.64 bits per heavy atom. The van der Waals surface area contributed by atoms with E-state index in [1.165, 1.54) is 6.42 Å². The van der Waals surface area contributed by atoms with Crippen LogP contribution in [0.3, 0.4) is 0 Å². The molecular weight excluding hydrogens is 508 g/mol. The van der Waals surface area contributed by atoms with Gasteiger partial charge in [0.1, 0.15) is 17.5 Å². The minimum atomic E-state index is -0.650. The molecule has 33 heavy (non-hydrogen) atoms. The number of nitrogens with one attached hydrogen (secondary N) is 1. The lowest BCUT2D eigenvalue weighted by atomic mass is 9.95. The summed E-state index contributed by atoms with van der Waals surface area (Å²) in [7, 11) is 1.60. The Balaban J connectivity index is 1.74. The van der Waals surface area contributed by atoms with Crippen molar-refractivity contribution in [3.05, 3.63) is 57.5 Å². The van der Waals surface area contributed by atoms with E-state index in [1.54, 1.807) is 37.1 Å². The predicted molar refractivity (Wildman–Crippen MR) is 133 cm³/mol. The summed E-state index contributed by atoms with van der Waals surface area (Å²) in [6, 6.07) is 12.1. The summed E-state index contributed by atoms with van der Waals surface area (Å²) in [5.41, 5.74) is 0.868. The van der Waals surface area contributed by atoms with E-state index in [-0.39, 0.29) is 31.0 Å². The molecule has 0 heterocycles. The zero-order chi connectivity index (χ0) is 23.8. The van der Waals surface area contributed by atoms with E-state index in [0.717, 1.165) is 31.2 Å². The summed E-state index contributed by atoms with van der Waals surface area (Å²) in [6.07, 6.45) is 5.41. The molecule has 0 radical (unpaired) electrons. The Morgan fingerprint density at radius 1 is 1.18 bits per heavy atom. The number of amides is 2. The maximum Gasteiger partial charge on any atom is 0.261 e.